The van der Waals surface area contributed by atoms with E-state index in [1.807, 2.05) is 18.5 Å². The van der Waals surface area contributed by atoms with Crippen LogP contribution in [0.1, 0.15) is 24.8 Å². The second-order valence-electron chi connectivity index (χ2n) is 6.50. The topological polar surface area (TPSA) is 71.9 Å². The number of ether oxygens (including phenoxy) is 2. The van der Waals surface area contributed by atoms with Crippen LogP contribution in [-0.4, -0.2) is 65.6 Å². The highest BCUT2D eigenvalue weighted by atomic mass is 19.4. The first-order chi connectivity index (χ1) is 12.2. The number of alkyl halides is 3. The average Bonchev–Trinajstić information content (AvgIpc) is 3.01. The Balaban J connectivity index is 0.000000298. The van der Waals surface area contributed by atoms with Crippen molar-refractivity contribution in [3.8, 4) is 0 Å². The smallest absolute Gasteiger partial charge is 0.475 e. The second kappa shape index (κ2) is 8.79. The maximum absolute atomic E-state index is 10.6. The number of carboxylic acid groups (broad SMARTS) is 1. The number of halogens is 3. The Morgan fingerprint density at radius 3 is 2.58 bits per heavy atom. The molecular formula is C17H23F3N2O4. The van der Waals surface area contributed by atoms with Gasteiger partial charge in [-0.15, -0.1) is 0 Å². The lowest BCUT2D eigenvalue weighted by Gasteiger charge is -2.38. The SMILES string of the molecule is COC1COC2(CCN(Cc3cccnc3)CC2)C1.O=C(O)C(F)(F)F. The number of piperidine rings is 1. The van der Waals surface area contributed by atoms with Crippen molar-refractivity contribution in [2.75, 3.05) is 26.8 Å². The molecule has 1 atom stereocenters. The van der Waals surface area contributed by atoms with E-state index in [0.717, 1.165) is 45.5 Å². The minimum absolute atomic E-state index is 0.0894. The molecule has 1 aromatic heterocycles. The average molecular weight is 376 g/mol. The monoisotopic (exact) mass is 376 g/mol. The Bertz CT molecular complexity index is 575. The molecule has 0 radical (unpaired) electrons. The van der Waals surface area contributed by atoms with E-state index in [2.05, 4.69) is 16.0 Å². The fourth-order valence-corrected chi connectivity index (χ4v) is 3.17. The molecule has 1 N–H and O–H groups in total. The molecule has 0 aliphatic carbocycles. The summed E-state index contributed by atoms with van der Waals surface area (Å²) in [5, 5.41) is 7.12. The first-order valence-electron chi connectivity index (χ1n) is 8.32. The van der Waals surface area contributed by atoms with Crippen LogP contribution in [0, 0.1) is 0 Å². The quantitative estimate of drug-likeness (QED) is 0.874. The van der Waals surface area contributed by atoms with Crippen molar-refractivity contribution >= 4 is 5.97 Å². The highest BCUT2D eigenvalue weighted by Gasteiger charge is 2.42. The third kappa shape index (κ3) is 5.93. The van der Waals surface area contributed by atoms with Crippen molar-refractivity contribution in [3.05, 3.63) is 30.1 Å². The van der Waals surface area contributed by atoms with Crippen LogP contribution in [0.3, 0.4) is 0 Å². The molecule has 146 valence electrons. The normalized spacial score (nSPS) is 22.7. The molecule has 6 nitrogen and oxygen atoms in total. The van der Waals surface area contributed by atoms with Crippen LogP contribution < -0.4 is 0 Å². The number of nitrogens with zero attached hydrogens (tertiary/aromatic N) is 2. The van der Waals surface area contributed by atoms with Crippen molar-refractivity contribution in [2.45, 2.75) is 43.7 Å². The van der Waals surface area contributed by atoms with Crippen LogP contribution in [0.15, 0.2) is 24.5 Å². The number of likely N-dealkylation sites (tertiary alicyclic amines) is 1. The zero-order valence-corrected chi connectivity index (χ0v) is 14.5. The van der Waals surface area contributed by atoms with E-state index >= 15 is 0 Å². The minimum atomic E-state index is -5.08. The lowest BCUT2D eigenvalue weighted by Crippen LogP contribution is -2.43. The van der Waals surface area contributed by atoms with Crippen LogP contribution in [0.25, 0.3) is 0 Å². The van der Waals surface area contributed by atoms with Gasteiger partial charge in [0.1, 0.15) is 0 Å². The molecule has 0 aromatic carbocycles. The molecule has 3 rings (SSSR count). The molecule has 3 heterocycles. The van der Waals surface area contributed by atoms with E-state index in [0.29, 0.717) is 6.10 Å². The van der Waals surface area contributed by atoms with Crippen LogP contribution in [-0.2, 0) is 20.8 Å². The molecule has 2 aliphatic heterocycles. The number of aliphatic carboxylic acids is 1. The molecule has 1 aromatic rings. The summed E-state index contributed by atoms with van der Waals surface area (Å²) in [6.07, 6.45) is 2.29. The standard InChI is InChI=1S/C15H22N2O2.C2HF3O2/c1-18-14-9-15(19-12-14)4-7-17(8-5-15)11-13-3-2-6-16-10-13;3-2(4,5)1(6)7/h2-3,6,10,14H,4-5,7-9,11-12H2,1H3;(H,6,7). The molecule has 1 spiro atoms. The molecule has 0 saturated carbocycles. The van der Waals surface area contributed by atoms with Gasteiger partial charge < -0.3 is 14.6 Å². The molecule has 2 fully saturated rings. The number of carboxylic acids is 1. The summed E-state index contributed by atoms with van der Waals surface area (Å²) in [6.45, 7) is 3.97. The fourth-order valence-electron chi connectivity index (χ4n) is 3.17. The lowest BCUT2D eigenvalue weighted by atomic mass is 9.88. The third-order valence-electron chi connectivity index (χ3n) is 4.65. The van der Waals surface area contributed by atoms with Crippen molar-refractivity contribution in [1.82, 2.24) is 9.88 Å². The molecule has 0 bridgehead atoms. The maximum atomic E-state index is 10.6. The van der Waals surface area contributed by atoms with E-state index < -0.39 is 12.1 Å². The number of rotatable bonds is 3. The van der Waals surface area contributed by atoms with Gasteiger partial charge in [0, 0.05) is 45.6 Å². The number of hydrogen-bond acceptors (Lipinski definition) is 5. The number of carbonyl (C=O) groups is 1. The van der Waals surface area contributed by atoms with Crippen molar-refractivity contribution in [2.24, 2.45) is 0 Å². The fraction of sp³-hybridized carbons (Fsp3) is 0.647. The number of pyridine rings is 1. The third-order valence-corrected chi connectivity index (χ3v) is 4.65. The summed E-state index contributed by atoms with van der Waals surface area (Å²) in [5.41, 5.74) is 1.38. The van der Waals surface area contributed by atoms with Crippen molar-refractivity contribution in [1.29, 1.82) is 0 Å². The molecule has 0 amide bonds. The van der Waals surface area contributed by atoms with Gasteiger partial charge in [0.25, 0.3) is 0 Å². The number of aromatic nitrogens is 1. The molecule has 2 saturated heterocycles. The maximum Gasteiger partial charge on any atom is 0.490 e. The van der Waals surface area contributed by atoms with E-state index in [4.69, 9.17) is 19.4 Å². The van der Waals surface area contributed by atoms with Gasteiger partial charge >= 0.3 is 12.1 Å². The Morgan fingerprint density at radius 1 is 1.46 bits per heavy atom. The molecule has 1 unspecified atom stereocenters. The Labute approximate surface area is 149 Å². The minimum Gasteiger partial charge on any atom is -0.475 e. The van der Waals surface area contributed by atoms with Crippen LogP contribution >= 0.6 is 0 Å². The van der Waals surface area contributed by atoms with Gasteiger partial charge in [-0.3, -0.25) is 9.88 Å². The summed E-state index contributed by atoms with van der Waals surface area (Å²) >= 11 is 0. The molecule has 9 heteroatoms. The van der Waals surface area contributed by atoms with E-state index in [-0.39, 0.29) is 5.60 Å². The first-order valence-corrected chi connectivity index (χ1v) is 8.32. The van der Waals surface area contributed by atoms with Gasteiger partial charge in [-0.2, -0.15) is 13.2 Å². The first kappa shape index (κ1) is 20.6. The largest absolute Gasteiger partial charge is 0.490 e. The lowest BCUT2D eigenvalue weighted by molar-refractivity contribution is -0.192. The molecular weight excluding hydrogens is 353 g/mol. The van der Waals surface area contributed by atoms with E-state index in [1.54, 1.807) is 7.11 Å². The van der Waals surface area contributed by atoms with Gasteiger partial charge in [-0.25, -0.2) is 4.79 Å². The van der Waals surface area contributed by atoms with Gasteiger partial charge in [-0.1, -0.05) is 6.07 Å². The van der Waals surface area contributed by atoms with Crippen molar-refractivity contribution < 1.29 is 32.5 Å². The van der Waals surface area contributed by atoms with Crippen LogP contribution in [0.4, 0.5) is 13.2 Å². The molecule has 2 aliphatic rings. The predicted molar refractivity (Wildman–Crippen MR) is 86.5 cm³/mol. The highest BCUT2D eigenvalue weighted by molar-refractivity contribution is 5.73. The Morgan fingerprint density at radius 2 is 2.12 bits per heavy atom. The molecule has 26 heavy (non-hydrogen) atoms. The van der Waals surface area contributed by atoms with Crippen LogP contribution in [0.2, 0.25) is 0 Å². The highest BCUT2D eigenvalue weighted by Crippen LogP contribution is 2.37. The zero-order chi connectivity index (χ0) is 19.2. The summed E-state index contributed by atoms with van der Waals surface area (Å²) in [7, 11) is 1.78. The van der Waals surface area contributed by atoms with E-state index in [1.165, 1.54) is 5.56 Å². The second-order valence-corrected chi connectivity index (χ2v) is 6.50. The summed E-state index contributed by atoms with van der Waals surface area (Å²) < 4.78 is 43.2. The van der Waals surface area contributed by atoms with Crippen molar-refractivity contribution in [3.63, 3.8) is 0 Å². The van der Waals surface area contributed by atoms with Crippen LogP contribution in [0.5, 0.6) is 0 Å². The number of hydrogen-bond donors (Lipinski definition) is 1. The summed E-state index contributed by atoms with van der Waals surface area (Å²) in [6, 6.07) is 4.15. The predicted octanol–water partition coefficient (Wildman–Crippen LogP) is 2.48. The Kier molecular flexibility index (Phi) is 6.96. The van der Waals surface area contributed by atoms with E-state index in [9.17, 15) is 13.2 Å². The summed E-state index contributed by atoms with van der Waals surface area (Å²) in [5.74, 6) is -2.76. The zero-order valence-electron chi connectivity index (χ0n) is 14.5. The van der Waals surface area contributed by atoms with Gasteiger partial charge in [0.15, 0.2) is 0 Å². The Hall–Kier alpha value is -1.71. The summed E-state index contributed by atoms with van der Waals surface area (Å²) in [4.78, 5) is 15.6. The van der Waals surface area contributed by atoms with Gasteiger partial charge in [0.05, 0.1) is 18.3 Å². The van der Waals surface area contributed by atoms with Gasteiger partial charge in [0.2, 0.25) is 0 Å². The van der Waals surface area contributed by atoms with Gasteiger partial charge in [-0.05, 0) is 24.5 Å². The number of methoxy groups -OCH3 is 1.